The van der Waals surface area contributed by atoms with Crippen molar-refractivity contribution < 1.29 is 9.59 Å². The number of likely N-dealkylation sites (N-methyl/N-ethyl adjacent to an activating group) is 1. The minimum atomic E-state index is -0.295. The van der Waals surface area contributed by atoms with Crippen LogP contribution in [0.4, 0.5) is 0 Å². The van der Waals surface area contributed by atoms with E-state index in [1.54, 1.807) is 12.3 Å². The average Bonchev–Trinajstić information content (AvgIpc) is 2.35. The van der Waals surface area contributed by atoms with E-state index in [-0.39, 0.29) is 22.8 Å². The number of allylic oxidation sites excluding steroid dienone is 2. The van der Waals surface area contributed by atoms with Gasteiger partial charge in [0.05, 0.1) is 5.57 Å². The first-order valence-corrected chi connectivity index (χ1v) is 5.09. The molecule has 0 radical (unpaired) electrons. The van der Waals surface area contributed by atoms with Crippen molar-refractivity contribution in [2.24, 2.45) is 10.4 Å². The molecule has 1 N–H and O–H groups in total. The molecule has 0 aliphatic carbocycles. The lowest BCUT2D eigenvalue weighted by Crippen LogP contribution is -2.21. The van der Waals surface area contributed by atoms with Gasteiger partial charge >= 0.3 is 0 Å². The molecule has 0 atom stereocenters. The predicted octanol–water partition coefficient (Wildman–Crippen LogP) is 1.24. The Balaban J connectivity index is 3.29. The Morgan fingerprint density at radius 3 is 2.50 bits per heavy atom. The van der Waals surface area contributed by atoms with Gasteiger partial charge in [-0.3, -0.25) is 14.6 Å². The Morgan fingerprint density at radius 1 is 1.38 bits per heavy atom. The quantitative estimate of drug-likeness (QED) is 0.761. The standard InChI is InChI=1S/C12H16N2O2/c1-8(15)10-9(11(16)13-4)5-6-12(2,3)7-14-10/h5-7H,1-4H3,(H,13,16). The lowest BCUT2D eigenvalue weighted by molar-refractivity contribution is -0.118. The van der Waals surface area contributed by atoms with Crippen LogP contribution in [-0.4, -0.2) is 25.0 Å². The van der Waals surface area contributed by atoms with E-state index < -0.39 is 0 Å². The summed E-state index contributed by atoms with van der Waals surface area (Å²) < 4.78 is 0. The van der Waals surface area contributed by atoms with Crippen LogP contribution in [0.5, 0.6) is 0 Å². The highest BCUT2D eigenvalue weighted by molar-refractivity contribution is 6.07. The topological polar surface area (TPSA) is 58.5 Å². The van der Waals surface area contributed by atoms with Crippen LogP contribution < -0.4 is 5.32 Å². The van der Waals surface area contributed by atoms with Crippen molar-refractivity contribution in [3.05, 3.63) is 23.4 Å². The fourth-order valence-electron chi connectivity index (χ4n) is 1.32. The third-order valence-corrected chi connectivity index (χ3v) is 2.27. The molecule has 0 fully saturated rings. The summed E-state index contributed by atoms with van der Waals surface area (Å²) >= 11 is 0. The largest absolute Gasteiger partial charge is 0.355 e. The van der Waals surface area contributed by atoms with Crippen LogP contribution in [0.1, 0.15) is 20.8 Å². The van der Waals surface area contributed by atoms with Gasteiger partial charge < -0.3 is 5.32 Å². The van der Waals surface area contributed by atoms with Crippen molar-refractivity contribution in [1.29, 1.82) is 0 Å². The molecule has 1 heterocycles. The van der Waals surface area contributed by atoms with Crippen molar-refractivity contribution in [3.8, 4) is 0 Å². The Bertz CT molecular complexity index is 415. The fourth-order valence-corrected chi connectivity index (χ4v) is 1.32. The Morgan fingerprint density at radius 2 is 2.00 bits per heavy atom. The predicted molar refractivity (Wildman–Crippen MR) is 63.2 cm³/mol. The monoisotopic (exact) mass is 220 g/mol. The number of hydrogen-bond donors (Lipinski definition) is 1. The molecule has 16 heavy (non-hydrogen) atoms. The maximum absolute atomic E-state index is 11.6. The minimum absolute atomic E-state index is 0.209. The highest BCUT2D eigenvalue weighted by Gasteiger charge is 2.20. The number of nitrogens with one attached hydrogen (secondary N) is 1. The Labute approximate surface area is 95.1 Å². The van der Waals surface area contributed by atoms with E-state index in [2.05, 4.69) is 10.3 Å². The number of nitrogens with zero attached hydrogens (tertiary/aromatic N) is 1. The summed E-state index contributed by atoms with van der Waals surface area (Å²) in [5, 5.41) is 2.50. The molecule has 4 heteroatoms. The highest BCUT2D eigenvalue weighted by atomic mass is 16.2. The van der Waals surface area contributed by atoms with E-state index >= 15 is 0 Å². The second kappa shape index (κ2) is 4.43. The van der Waals surface area contributed by atoms with Crippen molar-refractivity contribution >= 4 is 17.9 Å². The van der Waals surface area contributed by atoms with Crippen molar-refractivity contribution in [2.45, 2.75) is 20.8 Å². The Hall–Kier alpha value is -1.71. The number of hydrogen-bond acceptors (Lipinski definition) is 3. The van der Waals surface area contributed by atoms with Gasteiger partial charge in [-0.1, -0.05) is 26.0 Å². The summed E-state index contributed by atoms with van der Waals surface area (Å²) in [6.45, 7) is 5.32. The SMILES string of the molecule is CNC(=O)C1=C(C(C)=O)N=CC(C)(C)C=C1. The second-order valence-corrected chi connectivity index (χ2v) is 4.31. The van der Waals surface area contributed by atoms with Gasteiger partial charge in [0.1, 0.15) is 5.70 Å². The van der Waals surface area contributed by atoms with Gasteiger partial charge in [0.15, 0.2) is 5.78 Å². The molecule has 0 aromatic heterocycles. The lowest BCUT2D eigenvalue weighted by Gasteiger charge is -2.10. The summed E-state index contributed by atoms with van der Waals surface area (Å²) in [4.78, 5) is 27.1. The molecule has 0 unspecified atom stereocenters. The van der Waals surface area contributed by atoms with Gasteiger partial charge in [-0.05, 0) is 0 Å². The smallest absolute Gasteiger partial charge is 0.253 e. The van der Waals surface area contributed by atoms with E-state index in [0.717, 1.165) is 0 Å². The normalized spacial score (nSPS) is 18.2. The third-order valence-electron chi connectivity index (χ3n) is 2.27. The maximum Gasteiger partial charge on any atom is 0.253 e. The molecule has 0 aromatic carbocycles. The van der Waals surface area contributed by atoms with Crippen molar-refractivity contribution in [3.63, 3.8) is 0 Å². The fraction of sp³-hybridized carbons (Fsp3) is 0.417. The van der Waals surface area contributed by atoms with Gasteiger partial charge in [0, 0.05) is 25.6 Å². The molecule has 0 saturated heterocycles. The zero-order valence-electron chi connectivity index (χ0n) is 10.00. The first-order valence-electron chi connectivity index (χ1n) is 5.09. The van der Waals surface area contributed by atoms with Gasteiger partial charge in [-0.25, -0.2) is 0 Å². The van der Waals surface area contributed by atoms with Gasteiger partial charge in [-0.2, -0.15) is 0 Å². The van der Waals surface area contributed by atoms with E-state index in [0.29, 0.717) is 5.57 Å². The van der Waals surface area contributed by atoms with E-state index in [1.165, 1.54) is 14.0 Å². The first-order chi connectivity index (χ1) is 7.37. The van der Waals surface area contributed by atoms with Gasteiger partial charge in [-0.15, -0.1) is 0 Å². The number of carbonyl (C=O) groups is 2. The summed E-state index contributed by atoms with van der Waals surface area (Å²) in [5.41, 5.74) is 0.272. The molecule has 1 rings (SSSR count). The number of ketones is 1. The van der Waals surface area contributed by atoms with Gasteiger partial charge in [0.2, 0.25) is 0 Å². The van der Waals surface area contributed by atoms with E-state index in [4.69, 9.17) is 0 Å². The van der Waals surface area contributed by atoms with E-state index in [9.17, 15) is 9.59 Å². The molecule has 1 aliphatic heterocycles. The zero-order valence-corrected chi connectivity index (χ0v) is 10.00. The molecule has 0 saturated carbocycles. The molecule has 1 aliphatic rings. The molecule has 86 valence electrons. The van der Waals surface area contributed by atoms with Crippen molar-refractivity contribution in [2.75, 3.05) is 7.05 Å². The van der Waals surface area contributed by atoms with Crippen molar-refractivity contribution in [1.82, 2.24) is 5.32 Å². The molecule has 0 aromatic rings. The molecule has 0 spiro atoms. The summed E-state index contributed by atoms with van der Waals surface area (Å²) in [5.74, 6) is -0.506. The molecule has 4 nitrogen and oxygen atoms in total. The summed E-state index contributed by atoms with van der Waals surface area (Å²) in [6, 6.07) is 0. The molecule has 1 amide bonds. The molecule has 0 bridgehead atoms. The van der Waals surface area contributed by atoms with E-state index in [1.807, 2.05) is 19.9 Å². The summed E-state index contributed by atoms with van der Waals surface area (Å²) in [6.07, 6.45) is 5.19. The zero-order chi connectivity index (χ0) is 12.3. The van der Waals surface area contributed by atoms with Crippen LogP contribution in [0.2, 0.25) is 0 Å². The first kappa shape index (κ1) is 12.4. The Kier molecular flexibility index (Phi) is 3.42. The van der Waals surface area contributed by atoms with Crippen LogP contribution in [0.15, 0.2) is 28.4 Å². The molecular weight excluding hydrogens is 204 g/mol. The number of amides is 1. The van der Waals surface area contributed by atoms with Crippen LogP contribution >= 0.6 is 0 Å². The lowest BCUT2D eigenvalue weighted by atomic mass is 9.94. The van der Waals surface area contributed by atoms with Crippen LogP contribution in [0.3, 0.4) is 0 Å². The average molecular weight is 220 g/mol. The number of aliphatic imine (C=N–C) groups is 1. The number of rotatable bonds is 2. The van der Waals surface area contributed by atoms with Crippen LogP contribution in [-0.2, 0) is 9.59 Å². The summed E-state index contributed by atoms with van der Waals surface area (Å²) in [7, 11) is 1.53. The second-order valence-electron chi connectivity index (χ2n) is 4.31. The third kappa shape index (κ3) is 2.66. The highest BCUT2D eigenvalue weighted by Crippen LogP contribution is 2.22. The van der Waals surface area contributed by atoms with Gasteiger partial charge in [0.25, 0.3) is 5.91 Å². The van der Waals surface area contributed by atoms with Crippen LogP contribution in [0.25, 0.3) is 0 Å². The number of Topliss-reactive ketones (excluding diaryl/α,β-unsaturated/α-hetero) is 1. The maximum atomic E-state index is 11.6. The molecular formula is C12H16N2O2. The minimum Gasteiger partial charge on any atom is -0.355 e. The van der Waals surface area contributed by atoms with Crippen LogP contribution in [0, 0.1) is 5.41 Å². The number of carbonyl (C=O) groups excluding carboxylic acids is 2.